The molecule has 0 aliphatic carbocycles. The van der Waals surface area contributed by atoms with Crippen molar-refractivity contribution in [2.24, 2.45) is 0 Å². The maximum atomic E-state index is 10.3. The van der Waals surface area contributed by atoms with Crippen molar-refractivity contribution >= 4 is 6.08 Å². The molecule has 1 aliphatic rings. The molecule has 5 nitrogen and oxygen atoms in total. The molecule has 0 spiro atoms. The SMILES string of the molecule is COc1cc(C(O)CNCC2=Cc3ccccc3OC2)ccc1O. The maximum Gasteiger partial charge on any atom is 0.160 e. The quantitative estimate of drug-likeness (QED) is 0.760. The number of para-hydroxylation sites is 1. The van der Waals surface area contributed by atoms with Gasteiger partial charge in [-0.1, -0.05) is 24.3 Å². The lowest BCUT2D eigenvalue weighted by Gasteiger charge is -2.19. The molecule has 126 valence electrons. The second kappa shape index (κ2) is 7.38. The maximum absolute atomic E-state index is 10.3. The minimum Gasteiger partial charge on any atom is -0.504 e. The van der Waals surface area contributed by atoms with Crippen LogP contribution in [0.2, 0.25) is 0 Å². The summed E-state index contributed by atoms with van der Waals surface area (Å²) in [7, 11) is 1.48. The van der Waals surface area contributed by atoms with E-state index in [1.165, 1.54) is 13.2 Å². The minimum atomic E-state index is -0.683. The van der Waals surface area contributed by atoms with Crippen LogP contribution < -0.4 is 14.8 Å². The summed E-state index contributed by atoms with van der Waals surface area (Å²) in [6, 6.07) is 12.8. The molecule has 3 rings (SSSR count). The number of phenolic OH excluding ortho intramolecular Hbond substituents is 1. The van der Waals surface area contributed by atoms with Gasteiger partial charge in [-0.05, 0) is 35.4 Å². The fourth-order valence-corrected chi connectivity index (χ4v) is 2.65. The summed E-state index contributed by atoms with van der Waals surface area (Å²) in [5, 5.41) is 23.1. The van der Waals surface area contributed by atoms with Crippen molar-refractivity contribution in [3.8, 4) is 17.2 Å². The van der Waals surface area contributed by atoms with Gasteiger partial charge in [0.05, 0.1) is 13.2 Å². The van der Waals surface area contributed by atoms with E-state index in [1.807, 2.05) is 24.3 Å². The van der Waals surface area contributed by atoms with Crippen LogP contribution in [0.4, 0.5) is 0 Å². The zero-order valence-corrected chi connectivity index (χ0v) is 13.5. The monoisotopic (exact) mass is 327 g/mol. The van der Waals surface area contributed by atoms with Crippen molar-refractivity contribution in [3.63, 3.8) is 0 Å². The van der Waals surface area contributed by atoms with E-state index < -0.39 is 6.10 Å². The number of rotatable bonds is 6. The van der Waals surface area contributed by atoms with Crippen molar-refractivity contribution in [2.45, 2.75) is 6.10 Å². The fourth-order valence-electron chi connectivity index (χ4n) is 2.65. The summed E-state index contributed by atoms with van der Waals surface area (Å²) in [5.74, 6) is 1.31. The van der Waals surface area contributed by atoms with Crippen LogP contribution in [0.5, 0.6) is 17.2 Å². The molecule has 0 amide bonds. The first-order chi connectivity index (χ1) is 11.7. The number of aliphatic hydroxyl groups excluding tert-OH is 1. The highest BCUT2D eigenvalue weighted by Gasteiger charge is 2.13. The Labute approximate surface area is 141 Å². The summed E-state index contributed by atoms with van der Waals surface area (Å²) in [6.07, 6.45) is 1.43. The Morgan fingerprint density at radius 2 is 2.08 bits per heavy atom. The Bertz CT molecular complexity index is 742. The van der Waals surface area contributed by atoms with E-state index >= 15 is 0 Å². The van der Waals surface area contributed by atoms with Gasteiger partial charge in [-0.2, -0.15) is 0 Å². The number of nitrogens with one attached hydrogen (secondary N) is 1. The zero-order valence-electron chi connectivity index (χ0n) is 13.5. The van der Waals surface area contributed by atoms with Gasteiger partial charge < -0.3 is 25.0 Å². The number of phenols is 1. The normalized spacial score (nSPS) is 14.3. The van der Waals surface area contributed by atoms with E-state index in [0.717, 1.165) is 16.9 Å². The molecule has 0 fully saturated rings. The van der Waals surface area contributed by atoms with Crippen molar-refractivity contribution in [1.82, 2.24) is 5.32 Å². The Balaban J connectivity index is 1.56. The number of aliphatic hydroxyl groups is 1. The molecule has 1 heterocycles. The lowest BCUT2D eigenvalue weighted by atomic mass is 10.1. The molecular weight excluding hydrogens is 306 g/mol. The number of hydrogen-bond donors (Lipinski definition) is 3. The summed E-state index contributed by atoms with van der Waals surface area (Å²) in [4.78, 5) is 0. The topological polar surface area (TPSA) is 71.0 Å². The highest BCUT2D eigenvalue weighted by molar-refractivity contribution is 5.62. The van der Waals surface area contributed by atoms with Gasteiger partial charge in [0.2, 0.25) is 0 Å². The number of benzene rings is 2. The molecule has 3 N–H and O–H groups in total. The molecule has 2 aromatic rings. The number of hydrogen-bond acceptors (Lipinski definition) is 5. The summed E-state index contributed by atoms with van der Waals surface area (Å²) < 4.78 is 10.8. The Morgan fingerprint density at radius 1 is 1.25 bits per heavy atom. The van der Waals surface area contributed by atoms with Gasteiger partial charge in [0.25, 0.3) is 0 Å². The predicted molar refractivity (Wildman–Crippen MR) is 92.4 cm³/mol. The molecule has 0 saturated carbocycles. The number of aromatic hydroxyl groups is 1. The second-order valence-corrected chi connectivity index (χ2v) is 5.71. The van der Waals surface area contributed by atoms with E-state index in [-0.39, 0.29) is 5.75 Å². The van der Waals surface area contributed by atoms with Gasteiger partial charge in [0.1, 0.15) is 12.4 Å². The van der Waals surface area contributed by atoms with Crippen molar-refractivity contribution in [1.29, 1.82) is 0 Å². The minimum absolute atomic E-state index is 0.0598. The predicted octanol–water partition coefficient (Wildman–Crippen LogP) is 2.50. The molecule has 24 heavy (non-hydrogen) atoms. The van der Waals surface area contributed by atoms with Crippen molar-refractivity contribution < 1.29 is 19.7 Å². The largest absolute Gasteiger partial charge is 0.504 e. The average Bonchev–Trinajstić information content (AvgIpc) is 2.62. The van der Waals surface area contributed by atoms with Gasteiger partial charge in [0.15, 0.2) is 11.5 Å². The van der Waals surface area contributed by atoms with Crippen LogP contribution in [0, 0.1) is 0 Å². The standard InChI is InChI=1S/C19H21NO4/c1-23-19-9-14(6-7-16(19)21)17(22)11-20-10-13-8-15-4-2-3-5-18(15)24-12-13/h2-9,17,20-22H,10-12H2,1H3. The van der Waals surface area contributed by atoms with E-state index in [0.29, 0.717) is 31.0 Å². The highest BCUT2D eigenvalue weighted by Crippen LogP contribution is 2.29. The third-order valence-electron chi connectivity index (χ3n) is 3.97. The van der Waals surface area contributed by atoms with Gasteiger partial charge in [0, 0.05) is 18.7 Å². The first-order valence-corrected chi connectivity index (χ1v) is 7.84. The molecule has 1 unspecified atom stereocenters. The van der Waals surface area contributed by atoms with E-state index in [4.69, 9.17) is 9.47 Å². The summed E-state index contributed by atoms with van der Waals surface area (Å²) >= 11 is 0. The third kappa shape index (κ3) is 3.69. The molecule has 1 aliphatic heterocycles. The Kier molecular flexibility index (Phi) is 5.03. The zero-order chi connectivity index (χ0) is 16.9. The first-order valence-electron chi connectivity index (χ1n) is 7.84. The smallest absolute Gasteiger partial charge is 0.160 e. The molecule has 2 aromatic carbocycles. The van der Waals surface area contributed by atoms with Crippen LogP contribution in [0.25, 0.3) is 6.08 Å². The van der Waals surface area contributed by atoms with Crippen LogP contribution in [0.3, 0.4) is 0 Å². The van der Waals surface area contributed by atoms with Crippen LogP contribution in [0.15, 0.2) is 48.0 Å². The lowest BCUT2D eigenvalue weighted by molar-refractivity contribution is 0.175. The lowest BCUT2D eigenvalue weighted by Crippen LogP contribution is -2.26. The summed E-state index contributed by atoms with van der Waals surface area (Å²) in [6.45, 7) is 1.58. The average molecular weight is 327 g/mol. The Hall–Kier alpha value is -2.50. The highest BCUT2D eigenvalue weighted by atomic mass is 16.5. The molecular formula is C19H21NO4. The molecule has 0 bridgehead atoms. The van der Waals surface area contributed by atoms with Crippen LogP contribution in [0.1, 0.15) is 17.2 Å². The fraction of sp³-hybridized carbons (Fsp3) is 0.263. The van der Waals surface area contributed by atoms with Gasteiger partial charge in [-0.3, -0.25) is 0 Å². The first kappa shape index (κ1) is 16.4. The van der Waals surface area contributed by atoms with Crippen LogP contribution >= 0.6 is 0 Å². The van der Waals surface area contributed by atoms with Crippen molar-refractivity contribution in [3.05, 3.63) is 59.2 Å². The molecule has 0 radical (unpaired) electrons. The van der Waals surface area contributed by atoms with E-state index in [9.17, 15) is 10.2 Å². The Morgan fingerprint density at radius 3 is 2.92 bits per heavy atom. The summed E-state index contributed by atoms with van der Waals surface area (Å²) in [5.41, 5.74) is 2.89. The number of ether oxygens (including phenoxy) is 2. The van der Waals surface area contributed by atoms with Gasteiger partial charge in [-0.15, -0.1) is 0 Å². The number of methoxy groups -OCH3 is 1. The van der Waals surface area contributed by atoms with E-state index in [1.54, 1.807) is 12.1 Å². The molecule has 1 atom stereocenters. The molecule has 0 saturated heterocycles. The third-order valence-corrected chi connectivity index (χ3v) is 3.97. The van der Waals surface area contributed by atoms with E-state index in [2.05, 4.69) is 11.4 Å². The van der Waals surface area contributed by atoms with Crippen molar-refractivity contribution in [2.75, 3.05) is 26.8 Å². The number of fused-ring (bicyclic) bond motifs is 1. The van der Waals surface area contributed by atoms with Gasteiger partial charge in [-0.25, -0.2) is 0 Å². The second-order valence-electron chi connectivity index (χ2n) is 5.71. The molecule has 0 aromatic heterocycles. The van der Waals surface area contributed by atoms with Gasteiger partial charge >= 0.3 is 0 Å². The van der Waals surface area contributed by atoms with Crippen LogP contribution in [-0.4, -0.2) is 37.0 Å². The molecule has 5 heteroatoms. The van der Waals surface area contributed by atoms with Crippen LogP contribution in [-0.2, 0) is 0 Å².